The highest BCUT2D eigenvalue weighted by Crippen LogP contribution is 2.27. The SMILES string of the molecule is O=S(=O)(CC1CCC(O)CC1)c1ccc(B(O)O)cc1. The molecule has 2 rings (SSSR count). The van der Waals surface area contributed by atoms with Gasteiger partial charge in [0.2, 0.25) is 0 Å². The van der Waals surface area contributed by atoms with Crippen molar-refractivity contribution in [1.82, 2.24) is 0 Å². The molecule has 0 atom stereocenters. The third-order valence-corrected chi connectivity index (χ3v) is 5.71. The summed E-state index contributed by atoms with van der Waals surface area (Å²) < 4.78 is 24.6. The van der Waals surface area contributed by atoms with E-state index in [1.54, 1.807) is 0 Å². The summed E-state index contributed by atoms with van der Waals surface area (Å²) in [4.78, 5) is 0.202. The summed E-state index contributed by atoms with van der Waals surface area (Å²) in [6, 6.07) is 5.62. The number of aliphatic hydroxyl groups is 1. The van der Waals surface area contributed by atoms with Gasteiger partial charge < -0.3 is 15.2 Å². The molecule has 0 unspecified atom stereocenters. The first-order valence-electron chi connectivity index (χ1n) is 6.75. The molecule has 3 N–H and O–H groups in total. The van der Waals surface area contributed by atoms with Crippen molar-refractivity contribution in [2.45, 2.75) is 36.7 Å². The van der Waals surface area contributed by atoms with Gasteiger partial charge in [-0.3, -0.25) is 0 Å². The lowest BCUT2D eigenvalue weighted by Crippen LogP contribution is -2.30. The highest BCUT2D eigenvalue weighted by atomic mass is 32.2. The van der Waals surface area contributed by atoms with Crippen molar-refractivity contribution in [1.29, 1.82) is 0 Å². The van der Waals surface area contributed by atoms with Crippen LogP contribution >= 0.6 is 0 Å². The minimum atomic E-state index is -3.36. The lowest BCUT2D eigenvalue weighted by atomic mass is 9.81. The molecule has 1 fully saturated rings. The first kappa shape index (κ1) is 15.5. The number of sulfone groups is 1. The minimum Gasteiger partial charge on any atom is -0.423 e. The highest BCUT2D eigenvalue weighted by molar-refractivity contribution is 7.91. The van der Waals surface area contributed by atoms with E-state index in [1.807, 2.05) is 0 Å². The van der Waals surface area contributed by atoms with Crippen LogP contribution in [0.4, 0.5) is 0 Å². The smallest absolute Gasteiger partial charge is 0.423 e. The predicted molar refractivity (Wildman–Crippen MR) is 76.3 cm³/mol. The number of benzene rings is 1. The number of rotatable bonds is 4. The van der Waals surface area contributed by atoms with Crippen molar-refractivity contribution < 1.29 is 23.6 Å². The van der Waals surface area contributed by atoms with E-state index in [-0.39, 0.29) is 28.1 Å². The van der Waals surface area contributed by atoms with Crippen LogP contribution in [0.3, 0.4) is 0 Å². The molecule has 0 spiro atoms. The zero-order chi connectivity index (χ0) is 14.8. The van der Waals surface area contributed by atoms with Gasteiger partial charge in [-0.15, -0.1) is 0 Å². The standard InChI is InChI=1S/C13H19BO5S/c15-12-5-1-10(2-6-12)9-20(18,19)13-7-3-11(4-8-13)14(16)17/h3-4,7-8,10,12,15-17H,1-2,5-6,9H2. The molecule has 5 nitrogen and oxygen atoms in total. The van der Waals surface area contributed by atoms with E-state index in [0.717, 1.165) is 12.8 Å². The van der Waals surface area contributed by atoms with Crippen LogP contribution in [0.5, 0.6) is 0 Å². The summed E-state index contributed by atoms with van der Waals surface area (Å²) in [5.41, 5.74) is 0.268. The molecule has 0 bridgehead atoms. The van der Waals surface area contributed by atoms with Gasteiger partial charge in [0, 0.05) is 0 Å². The molecule has 0 amide bonds. The Morgan fingerprint density at radius 1 is 1.05 bits per heavy atom. The van der Waals surface area contributed by atoms with E-state index in [9.17, 15) is 13.5 Å². The first-order valence-corrected chi connectivity index (χ1v) is 8.40. The number of hydrogen-bond acceptors (Lipinski definition) is 5. The molecule has 1 saturated carbocycles. The second kappa shape index (κ2) is 6.26. The molecule has 7 heteroatoms. The predicted octanol–water partition coefficient (Wildman–Crippen LogP) is -0.309. The maximum Gasteiger partial charge on any atom is 0.488 e. The lowest BCUT2D eigenvalue weighted by molar-refractivity contribution is 0.113. The maximum atomic E-state index is 12.3. The van der Waals surface area contributed by atoms with Crippen molar-refractivity contribution >= 4 is 22.4 Å². The molecule has 0 saturated heterocycles. The Morgan fingerprint density at radius 2 is 1.60 bits per heavy atom. The molecule has 1 aromatic rings. The van der Waals surface area contributed by atoms with Gasteiger partial charge in [0.15, 0.2) is 9.84 Å². The van der Waals surface area contributed by atoms with Crippen molar-refractivity contribution in [3.05, 3.63) is 24.3 Å². The minimum absolute atomic E-state index is 0.0841. The fraction of sp³-hybridized carbons (Fsp3) is 0.538. The Bertz CT molecular complexity index is 532. The summed E-state index contributed by atoms with van der Waals surface area (Å²) in [7, 11) is -4.96. The van der Waals surface area contributed by atoms with Gasteiger partial charge in [0.25, 0.3) is 0 Å². The summed E-state index contributed by atoms with van der Waals surface area (Å²) in [5.74, 6) is 0.173. The van der Waals surface area contributed by atoms with Gasteiger partial charge >= 0.3 is 7.12 Å². The van der Waals surface area contributed by atoms with Gasteiger partial charge in [0.05, 0.1) is 16.8 Å². The van der Waals surface area contributed by atoms with Gasteiger partial charge in [0.1, 0.15) is 0 Å². The average molecular weight is 298 g/mol. The zero-order valence-corrected chi connectivity index (χ0v) is 12.0. The van der Waals surface area contributed by atoms with Crippen LogP contribution < -0.4 is 5.46 Å². The van der Waals surface area contributed by atoms with Crippen LogP contribution in [-0.2, 0) is 9.84 Å². The number of hydrogen-bond donors (Lipinski definition) is 3. The fourth-order valence-corrected chi connectivity index (χ4v) is 4.26. The van der Waals surface area contributed by atoms with Crippen LogP contribution in [-0.4, -0.2) is 42.5 Å². The molecule has 20 heavy (non-hydrogen) atoms. The largest absolute Gasteiger partial charge is 0.488 e. The Balaban J connectivity index is 2.06. The maximum absolute atomic E-state index is 12.3. The average Bonchev–Trinajstić information content (AvgIpc) is 2.41. The summed E-state index contributed by atoms with van der Waals surface area (Å²) in [6.07, 6.45) is 2.49. The molecule has 0 aromatic heterocycles. The Kier molecular flexibility index (Phi) is 4.85. The summed E-state index contributed by atoms with van der Waals surface area (Å²) >= 11 is 0. The molecule has 110 valence electrons. The quantitative estimate of drug-likeness (QED) is 0.663. The van der Waals surface area contributed by atoms with Crippen LogP contribution in [0.2, 0.25) is 0 Å². The molecule has 1 aliphatic rings. The molecular formula is C13H19BO5S. The van der Waals surface area contributed by atoms with Crippen LogP contribution in [0, 0.1) is 5.92 Å². The second-order valence-electron chi connectivity index (χ2n) is 5.40. The fourth-order valence-electron chi connectivity index (χ4n) is 2.57. The van der Waals surface area contributed by atoms with Gasteiger partial charge in [-0.05, 0) is 49.2 Å². The highest BCUT2D eigenvalue weighted by Gasteiger charge is 2.26. The van der Waals surface area contributed by atoms with E-state index in [1.165, 1.54) is 24.3 Å². The van der Waals surface area contributed by atoms with E-state index in [0.29, 0.717) is 12.8 Å². The summed E-state index contributed by atoms with van der Waals surface area (Å²) in [5, 5.41) is 27.4. The van der Waals surface area contributed by atoms with E-state index < -0.39 is 17.0 Å². The molecule has 0 heterocycles. The third-order valence-electron chi connectivity index (χ3n) is 3.81. The van der Waals surface area contributed by atoms with Gasteiger partial charge in [-0.25, -0.2) is 8.42 Å². The molecule has 0 aliphatic heterocycles. The van der Waals surface area contributed by atoms with Gasteiger partial charge in [-0.1, -0.05) is 12.1 Å². The van der Waals surface area contributed by atoms with Crippen molar-refractivity contribution in [2.75, 3.05) is 5.75 Å². The van der Waals surface area contributed by atoms with E-state index >= 15 is 0 Å². The number of aliphatic hydroxyl groups excluding tert-OH is 1. The van der Waals surface area contributed by atoms with Crippen LogP contribution in [0.15, 0.2) is 29.2 Å². The van der Waals surface area contributed by atoms with E-state index in [2.05, 4.69) is 0 Å². The molecular weight excluding hydrogens is 279 g/mol. The molecule has 1 aromatic carbocycles. The Morgan fingerprint density at radius 3 is 2.10 bits per heavy atom. The Labute approximate surface area is 119 Å². The topological polar surface area (TPSA) is 94.8 Å². The third kappa shape index (κ3) is 3.82. The van der Waals surface area contributed by atoms with E-state index in [4.69, 9.17) is 10.0 Å². The van der Waals surface area contributed by atoms with Crippen molar-refractivity contribution in [3.63, 3.8) is 0 Å². The van der Waals surface area contributed by atoms with Crippen LogP contribution in [0.1, 0.15) is 25.7 Å². The normalized spacial score (nSPS) is 23.6. The molecule has 1 aliphatic carbocycles. The Hall–Kier alpha value is -0.885. The summed E-state index contributed by atoms with van der Waals surface area (Å²) in [6.45, 7) is 0. The van der Waals surface area contributed by atoms with Crippen molar-refractivity contribution in [3.8, 4) is 0 Å². The van der Waals surface area contributed by atoms with Crippen molar-refractivity contribution in [2.24, 2.45) is 5.92 Å². The van der Waals surface area contributed by atoms with Crippen LogP contribution in [0.25, 0.3) is 0 Å². The monoisotopic (exact) mass is 298 g/mol. The first-order chi connectivity index (χ1) is 9.38. The second-order valence-corrected chi connectivity index (χ2v) is 7.43. The lowest BCUT2D eigenvalue weighted by Gasteiger charge is -2.25. The van der Waals surface area contributed by atoms with Gasteiger partial charge in [-0.2, -0.15) is 0 Å². The zero-order valence-electron chi connectivity index (χ0n) is 11.1. The molecule has 0 radical (unpaired) electrons.